The normalized spacial score (nSPS) is 22.4. The summed E-state index contributed by atoms with van der Waals surface area (Å²) in [4.78, 5) is 29.9. The lowest BCUT2D eigenvalue weighted by molar-refractivity contribution is -0.123. The minimum Gasteiger partial charge on any atom is -0.353 e. The maximum Gasteiger partial charge on any atom is 0.319 e. The van der Waals surface area contributed by atoms with Crippen LogP contribution in [0.2, 0.25) is 0 Å². The number of anilines is 1. The van der Waals surface area contributed by atoms with Crippen molar-refractivity contribution in [3.05, 3.63) is 65.7 Å². The maximum absolute atomic E-state index is 13.3. The summed E-state index contributed by atoms with van der Waals surface area (Å²) in [6.07, 6.45) is 3.90. The first-order valence-electron chi connectivity index (χ1n) is 14.0. The van der Waals surface area contributed by atoms with Crippen molar-refractivity contribution in [1.29, 1.82) is 0 Å². The zero-order chi connectivity index (χ0) is 27.8. The second-order valence-corrected chi connectivity index (χ2v) is 11.3. The highest BCUT2D eigenvalue weighted by atomic mass is 19.1. The number of likely N-dealkylation sites (tertiary alicyclic amines) is 2. The molecule has 39 heavy (non-hydrogen) atoms. The van der Waals surface area contributed by atoms with Gasteiger partial charge in [0.05, 0.1) is 6.54 Å². The highest BCUT2D eigenvalue weighted by Crippen LogP contribution is 2.25. The van der Waals surface area contributed by atoms with Crippen LogP contribution in [0.4, 0.5) is 19.3 Å². The van der Waals surface area contributed by atoms with E-state index in [4.69, 9.17) is 0 Å². The quantitative estimate of drug-likeness (QED) is 0.444. The fraction of sp³-hybridized carbons (Fsp3) is 0.533. The van der Waals surface area contributed by atoms with E-state index in [0.717, 1.165) is 57.4 Å². The number of rotatable bonds is 9. The monoisotopic (exact) mass is 541 g/mol. The number of nitrogens with zero attached hydrogens (tertiary/aromatic N) is 2. The summed E-state index contributed by atoms with van der Waals surface area (Å²) in [6.45, 7) is 8.46. The summed E-state index contributed by atoms with van der Waals surface area (Å²) in [7, 11) is 0. The Kier molecular flexibility index (Phi) is 10.3. The predicted molar refractivity (Wildman–Crippen MR) is 149 cm³/mol. The number of nitrogens with one attached hydrogen (secondary N) is 3. The average molecular weight is 542 g/mol. The fourth-order valence-electron chi connectivity index (χ4n) is 5.83. The van der Waals surface area contributed by atoms with Crippen LogP contribution in [0.25, 0.3) is 0 Å². The van der Waals surface area contributed by atoms with E-state index in [1.165, 1.54) is 36.4 Å². The molecule has 0 aliphatic carbocycles. The van der Waals surface area contributed by atoms with Crippen molar-refractivity contribution in [3.8, 4) is 0 Å². The highest BCUT2D eigenvalue weighted by Gasteiger charge is 2.33. The van der Waals surface area contributed by atoms with Gasteiger partial charge in [-0.05, 0) is 94.0 Å². The molecule has 3 amide bonds. The number of amides is 3. The topological polar surface area (TPSA) is 76.7 Å². The molecule has 0 bridgehead atoms. The van der Waals surface area contributed by atoms with Gasteiger partial charge in [0.15, 0.2) is 0 Å². The van der Waals surface area contributed by atoms with Crippen LogP contribution in [0.3, 0.4) is 0 Å². The summed E-state index contributed by atoms with van der Waals surface area (Å²) < 4.78 is 26.6. The third-order valence-corrected chi connectivity index (χ3v) is 7.59. The van der Waals surface area contributed by atoms with Gasteiger partial charge in [-0.1, -0.05) is 12.1 Å². The van der Waals surface area contributed by atoms with Crippen molar-refractivity contribution < 1.29 is 18.4 Å². The molecule has 212 valence electrons. The Morgan fingerprint density at radius 3 is 2.31 bits per heavy atom. The standard InChI is InChI=1S/C30H41F2N5O2/c1-21(2)33-29(38)20-37-15-13-28(35-30(39)34-27-11-9-26(32)10-12-27)24(19-37)18-36-14-3-4-23(17-36)16-22-5-7-25(31)8-6-22/h5-12,21,23-24,28H,3-4,13-20H2,1-2H3,(H,33,38)(H2,34,35,39)/t23-,24+,28+/m0/s1. The molecular weight excluding hydrogens is 500 g/mol. The van der Waals surface area contributed by atoms with E-state index in [0.29, 0.717) is 24.7 Å². The first kappa shape index (κ1) is 29.0. The smallest absolute Gasteiger partial charge is 0.319 e. The second-order valence-electron chi connectivity index (χ2n) is 11.3. The van der Waals surface area contributed by atoms with Crippen LogP contribution >= 0.6 is 0 Å². The van der Waals surface area contributed by atoms with Crippen LogP contribution in [-0.4, -0.2) is 73.1 Å². The van der Waals surface area contributed by atoms with Gasteiger partial charge in [0.2, 0.25) is 5.91 Å². The molecule has 2 aromatic rings. The van der Waals surface area contributed by atoms with E-state index in [1.807, 2.05) is 26.0 Å². The van der Waals surface area contributed by atoms with E-state index < -0.39 is 0 Å². The summed E-state index contributed by atoms with van der Waals surface area (Å²) in [5.41, 5.74) is 1.69. The Morgan fingerprint density at radius 1 is 0.923 bits per heavy atom. The largest absolute Gasteiger partial charge is 0.353 e. The lowest BCUT2D eigenvalue weighted by Crippen LogP contribution is -2.56. The Labute approximate surface area is 230 Å². The summed E-state index contributed by atoms with van der Waals surface area (Å²) in [6, 6.07) is 12.2. The first-order chi connectivity index (χ1) is 18.7. The molecule has 7 nitrogen and oxygen atoms in total. The number of hydrogen-bond acceptors (Lipinski definition) is 4. The van der Waals surface area contributed by atoms with Crippen molar-refractivity contribution in [1.82, 2.24) is 20.4 Å². The van der Waals surface area contributed by atoms with E-state index in [-0.39, 0.29) is 41.6 Å². The molecule has 2 aromatic carbocycles. The van der Waals surface area contributed by atoms with E-state index in [9.17, 15) is 18.4 Å². The zero-order valence-electron chi connectivity index (χ0n) is 23.0. The van der Waals surface area contributed by atoms with Crippen molar-refractivity contribution >= 4 is 17.6 Å². The van der Waals surface area contributed by atoms with Gasteiger partial charge in [-0.3, -0.25) is 9.69 Å². The molecule has 0 radical (unpaired) electrons. The number of piperidine rings is 2. The highest BCUT2D eigenvalue weighted by molar-refractivity contribution is 5.89. The van der Waals surface area contributed by atoms with E-state index in [1.54, 1.807) is 0 Å². The number of halogens is 2. The third-order valence-electron chi connectivity index (χ3n) is 7.59. The molecule has 2 heterocycles. The van der Waals surface area contributed by atoms with Gasteiger partial charge < -0.3 is 20.9 Å². The Hall–Kier alpha value is -3.04. The number of carbonyl (C=O) groups is 2. The van der Waals surface area contributed by atoms with Crippen molar-refractivity contribution in [2.45, 2.75) is 51.6 Å². The Bertz CT molecular complexity index is 1080. The molecule has 0 aromatic heterocycles. The molecule has 3 N–H and O–H groups in total. The minimum absolute atomic E-state index is 0.0153. The maximum atomic E-state index is 13.3. The van der Waals surface area contributed by atoms with Crippen LogP contribution in [0.15, 0.2) is 48.5 Å². The molecule has 2 aliphatic heterocycles. The Morgan fingerprint density at radius 2 is 1.62 bits per heavy atom. The molecule has 2 saturated heterocycles. The van der Waals surface area contributed by atoms with Gasteiger partial charge in [-0.15, -0.1) is 0 Å². The molecule has 4 rings (SSSR count). The number of benzene rings is 2. The van der Waals surface area contributed by atoms with Gasteiger partial charge >= 0.3 is 6.03 Å². The molecule has 2 fully saturated rings. The SMILES string of the molecule is CC(C)NC(=O)CN1CC[C@@H](NC(=O)Nc2ccc(F)cc2)[C@H](CN2CCC[C@@H](Cc3ccc(F)cc3)C2)C1. The second kappa shape index (κ2) is 13.8. The minimum atomic E-state index is -0.353. The predicted octanol–water partition coefficient (Wildman–Crippen LogP) is 4.26. The molecule has 9 heteroatoms. The van der Waals surface area contributed by atoms with E-state index >= 15 is 0 Å². The Balaban J connectivity index is 1.38. The lowest BCUT2D eigenvalue weighted by atomic mass is 9.88. The number of carbonyl (C=O) groups excluding carboxylic acids is 2. The van der Waals surface area contributed by atoms with Gasteiger partial charge in [0.25, 0.3) is 0 Å². The fourth-order valence-corrected chi connectivity index (χ4v) is 5.83. The van der Waals surface area contributed by atoms with Crippen LogP contribution in [0, 0.1) is 23.5 Å². The number of urea groups is 1. The molecule has 0 unspecified atom stereocenters. The van der Waals surface area contributed by atoms with Crippen LogP contribution in [0.1, 0.15) is 38.7 Å². The summed E-state index contributed by atoms with van der Waals surface area (Å²) in [5, 5.41) is 8.93. The van der Waals surface area contributed by atoms with Gasteiger partial charge in [0, 0.05) is 49.9 Å². The van der Waals surface area contributed by atoms with Gasteiger partial charge in [-0.2, -0.15) is 0 Å². The van der Waals surface area contributed by atoms with Crippen LogP contribution < -0.4 is 16.0 Å². The third kappa shape index (κ3) is 9.28. The molecule has 2 aliphatic rings. The van der Waals surface area contributed by atoms with Crippen molar-refractivity contribution in [2.75, 3.05) is 44.6 Å². The van der Waals surface area contributed by atoms with E-state index in [2.05, 4.69) is 25.8 Å². The van der Waals surface area contributed by atoms with Gasteiger partial charge in [-0.25, -0.2) is 13.6 Å². The first-order valence-corrected chi connectivity index (χ1v) is 14.0. The number of hydrogen-bond donors (Lipinski definition) is 3. The lowest BCUT2D eigenvalue weighted by Gasteiger charge is -2.42. The molecular formula is C30H41F2N5O2. The summed E-state index contributed by atoms with van der Waals surface area (Å²) >= 11 is 0. The van der Waals surface area contributed by atoms with Crippen molar-refractivity contribution in [2.24, 2.45) is 11.8 Å². The van der Waals surface area contributed by atoms with Crippen molar-refractivity contribution in [3.63, 3.8) is 0 Å². The molecule has 3 atom stereocenters. The van der Waals surface area contributed by atoms with Crippen LogP contribution in [-0.2, 0) is 11.2 Å². The summed E-state index contributed by atoms with van der Waals surface area (Å²) in [5.74, 6) is 0.0914. The van der Waals surface area contributed by atoms with Gasteiger partial charge in [0.1, 0.15) is 11.6 Å². The average Bonchev–Trinajstić information content (AvgIpc) is 2.88. The zero-order valence-corrected chi connectivity index (χ0v) is 23.0. The molecule has 0 spiro atoms. The molecule has 0 saturated carbocycles. The van der Waals surface area contributed by atoms with Crippen LogP contribution in [0.5, 0.6) is 0 Å².